The first kappa shape index (κ1) is 25.1. The van der Waals surface area contributed by atoms with Crippen molar-refractivity contribution in [1.29, 1.82) is 0 Å². The van der Waals surface area contributed by atoms with Gasteiger partial charge in [0, 0.05) is 0 Å². The Balaban J connectivity index is 0.00000225. The van der Waals surface area contributed by atoms with Gasteiger partial charge in [-0.05, 0) is 50.2 Å². The number of rotatable bonds is 4. The SMILES string of the molecule is Cc1ccc(N=Cc2cccc(C=Nc3ccc(C)cc3)n2)cc1.[Cl-].[Cl-].[V+2]. The number of pyridine rings is 1. The second-order valence-electron chi connectivity index (χ2n) is 5.67. The molecule has 0 saturated carbocycles. The molecule has 0 N–H and O–H groups in total. The Bertz CT molecular complexity index is 806. The number of halogens is 2. The zero-order valence-electron chi connectivity index (χ0n) is 15.1. The fraction of sp³-hybridized carbons (Fsp3) is 0.0952. The minimum Gasteiger partial charge on any atom is -1.00 e. The maximum Gasteiger partial charge on any atom is 2.00 e. The Morgan fingerprint density at radius 1 is 0.630 bits per heavy atom. The van der Waals surface area contributed by atoms with Crippen molar-refractivity contribution in [2.45, 2.75) is 13.8 Å². The quantitative estimate of drug-likeness (QED) is 0.495. The van der Waals surface area contributed by atoms with Crippen LogP contribution in [-0.2, 0) is 18.6 Å². The van der Waals surface area contributed by atoms with Crippen LogP contribution in [0.15, 0.2) is 76.7 Å². The predicted octanol–water partition coefficient (Wildman–Crippen LogP) is -0.795. The Morgan fingerprint density at radius 2 is 1.00 bits per heavy atom. The van der Waals surface area contributed by atoms with Gasteiger partial charge in [-0.1, -0.05) is 41.5 Å². The summed E-state index contributed by atoms with van der Waals surface area (Å²) < 4.78 is 0. The minimum atomic E-state index is 0. The molecule has 2 aromatic carbocycles. The normalized spacial score (nSPS) is 10.1. The van der Waals surface area contributed by atoms with Crippen LogP contribution in [0.2, 0.25) is 0 Å². The van der Waals surface area contributed by atoms with Gasteiger partial charge in [-0.2, -0.15) is 0 Å². The largest absolute Gasteiger partial charge is 2.00 e. The van der Waals surface area contributed by atoms with Crippen LogP contribution in [0, 0.1) is 13.8 Å². The molecule has 1 heterocycles. The van der Waals surface area contributed by atoms with Gasteiger partial charge in [-0.25, -0.2) is 4.98 Å². The van der Waals surface area contributed by atoms with Crippen LogP contribution >= 0.6 is 0 Å². The molecule has 0 bridgehead atoms. The van der Waals surface area contributed by atoms with Crippen molar-refractivity contribution >= 4 is 23.8 Å². The maximum atomic E-state index is 4.54. The zero-order chi connectivity index (χ0) is 16.8. The minimum absolute atomic E-state index is 0. The van der Waals surface area contributed by atoms with Gasteiger partial charge in [0.2, 0.25) is 0 Å². The average Bonchev–Trinajstić information content (AvgIpc) is 2.61. The molecule has 0 atom stereocenters. The molecular formula is C21H19Cl2N3V. The molecule has 3 rings (SSSR count). The van der Waals surface area contributed by atoms with Crippen molar-refractivity contribution in [2.75, 3.05) is 0 Å². The van der Waals surface area contributed by atoms with E-state index in [1.807, 2.05) is 66.7 Å². The molecule has 3 aromatic rings. The summed E-state index contributed by atoms with van der Waals surface area (Å²) in [4.78, 5) is 13.4. The van der Waals surface area contributed by atoms with E-state index in [1.165, 1.54) is 11.1 Å². The maximum absolute atomic E-state index is 4.54. The molecule has 0 spiro atoms. The third-order valence-corrected chi connectivity index (χ3v) is 3.55. The number of hydrogen-bond donors (Lipinski definition) is 0. The van der Waals surface area contributed by atoms with Gasteiger partial charge >= 0.3 is 18.6 Å². The van der Waals surface area contributed by atoms with Gasteiger partial charge in [-0.3, -0.25) is 9.98 Å². The molecule has 0 aliphatic rings. The van der Waals surface area contributed by atoms with Crippen molar-refractivity contribution in [3.63, 3.8) is 0 Å². The molecular weight excluding hydrogens is 416 g/mol. The van der Waals surface area contributed by atoms with Crippen LogP contribution in [-0.4, -0.2) is 17.4 Å². The summed E-state index contributed by atoms with van der Waals surface area (Å²) in [6.07, 6.45) is 3.54. The zero-order valence-corrected chi connectivity index (χ0v) is 18.0. The smallest absolute Gasteiger partial charge is 1.00 e. The van der Waals surface area contributed by atoms with Crippen molar-refractivity contribution in [3.8, 4) is 0 Å². The van der Waals surface area contributed by atoms with Crippen LogP contribution in [0.4, 0.5) is 11.4 Å². The van der Waals surface area contributed by atoms with Crippen LogP contribution < -0.4 is 24.8 Å². The number of aryl methyl sites for hydroxylation is 2. The molecule has 3 nitrogen and oxygen atoms in total. The van der Waals surface area contributed by atoms with E-state index in [0.717, 1.165) is 22.8 Å². The molecule has 1 radical (unpaired) electrons. The van der Waals surface area contributed by atoms with E-state index < -0.39 is 0 Å². The van der Waals surface area contributed by atoms with Crippen LogP contribution in [0.25, 0.3) is 0 Å². The number of benzene rings is 2. The summed E-state index contributed by atoms with van der Waals surface area (Å²) in [6.45, 7) is 4.12. The first-order valence-corrected chi connectivity index (χ1v) is 7.87. The van der Waals surface area contributed by atoms with Gasteiger partial charge in [-0.15, -0.1) is 0 Å². The third kappa shape index (κ3) is 8.11. The van der Waals surface area contributed by atoms with Gasteiger partial charge in [0.05, 0.1) is 35.2 Å². The number of aliphatic imine (C=N–C) groups is 2. The van der Waals surface area contributed by atoms with Crippen LogP contribution in [0.5, 0.6) is 0 Å². The molecule has 27 heavy (non-hydrogen) atoms. The predicted molar refractivity (Wildman–Crippen MR) is 101 cm³/mol. The topological polar surface area (TPSA) is 37.6 Å². The van der Waals surface area contributed by atoms with Crippen molar-refractivity contribution < 1.29 is 43.4 Å². The summed E-state index contributed by atoms with van der Waals surface area (Å²) in [7, 11) is 0. The fourth-order valence-corrected chi connectivity index (χ4v) is 2.16. The van der Waals surface area contributed by atoms with Crippen LogP contribution in [0.1, 0.15) is 22.5 Å². The Morgan fingerprint density at radius 3 is 1.37 bits per heavy atom. The summed E-state index contributed by atoms with van der Waals surface area (Å²) >= 11 is 0. The molecule has 0 fully saturated rings. The Hall–Kier alpha value is -1.91. The van der Waals surface area contributed by atoms with Crippen molar-refractivity contribution in [3.05, 3.63) is 89.2 Å². The molecule has 0 saturated heterocycles. The van der Waals surface area contributed by atoms with E-state index in [-0.39, 0.29) is 43.4 Å². The summed E-state index contributed by atoms with van der Waals surface area (Å²) in [5.74, 6) is 0. The number of nitrogens with zero attached hydrogens (tertiary/aromatic N) is 3. The summed E-state index contributed by atoms with van der Waals surface area (Å²) in [5.41, 5.74) is 5.90. The van der Waals surface area contributed by atoms with E-state index in [2.05, 4.69) is 28.8 Å². The summed E-state index contributed by atoms with van der Waals surface area (Å²) in [6, 6.07) is 22.0. The standard InChI is InChI=1S/C21H19N3.2ClH.V/c1-16-6-10-18(11-7-16)22-14-20-4-3-5-21(24-20)15-23-19-12-8-17(2)9-13-19;;;/h3-15H,1-2H3;2*1H;/q;;;+2/p-2. The Kier molecular flexibility index (Phi) is 11.6. The van der Waals surface area contributed by atoms with E-state index >= 15 is 0 Å². The van der Waals surface area contributed by atoms with Gasteiger partial charge in [0.25, 0.3) is 0 Å². The fourth-order valence-electron chi connectivity index (χ4n) is 2.16. The molecule has 1 aromatic heterocycles. The van der Waals surface area contributed by atoms with E-state index in [0.29, 0.717) is 0 Å². The molecule has 0 unspecified atom stereocenters. The first-order chi connectivity index (χ1) is 11.7. The molecule has 0 amide bonds. The van der Waals surface area contributed by atoms with Crippen molar-refractivity contribution in [2.24, 2.45) is 9.98 Å². The average molecular weight is 435 g/mol. The first-order valence-electron chi connectivity index (χ1n) is 7.87. The van der Waals surface area contributed by atoms with E-state index in [1.54, 1.807) is 12.4 Å². The van der Waals surface area contributed by atoms with Crippen LogP contribution in [0.3, 0.4) is 0 Å². The molecule has 137 valence electrons. The molecule has 6 heteroatoms. The van der Waals surface area contributed by atoms with Gasteiger partial charge < -0.3 is 24.8 Å². The molecule has 0 aliphatic heterocycles. The third-order valence-electron chi connectivity index (χ3n) is 3.55. The molecule has 0 aliphatic carbocycles. The Labute approximate surface area is 184 Å². The number of hydrogen-bond acceptors (Lipinski definition) is 3. The second kappa shape index (κ2) is 12.5. The van der Waals surface area contributed by atoms with E-state index in [4.69, 9.17) is 0 Å². The summed E-state index contributed by atoms with van der Waals surface area (Å²) in [5, 5.41) is 0. The second-order valence-corrected chi connectivity index (χ2v) is 5.67. The monoisotopic (exact) mass is 434 g/mol. The van der Waals surface area contributed by atoms with Gasteiger partial charge in [0.15, 0.2) is 0 Å². The van der Waals surface area contributed by atoms with Crippen molar-refractivity contribution in [1.82, 2.24) is 4.98 Å². The number of aromatic nitrogens is 1. The van der Waals surface area contributed by atoms with E-state index in [9.17, 15) is 0 Å². The van der Waals surface area contributed by atoms with Gasteiger partial charge in [0.1, 0.15) is 0 Å².